The van der Waals surface area contributed by atoms with Crippen molar-refractivity contribution >= 4 is 34.9 Å². The molecule has 0 unspecified atom stereocenters. The van der Waals surface area contributed by atoms with Gasteiger partial charge in [-0.1, -0.05) is 23.2 Å². The van der Waals surface area contributed by atoms with Crippen molar-refractivity contribution in [1.29, 1.82) is 0 Å². The molecule has 0 atom stereocenters. The number of carbonyl (C=O) groups is 1. The van der Waals surface area contributed by atoms with Gasteiger partial charge in [-0.05, 0) is 6.92 Å². The Morgan fingerprint density at radius 1 is 1.39 bits per heavy atom. The fourth-order valence-electron chi connectivity index (χ4n) is 1.12. The van der Waals surface area contributed by atoms with Gasteiger partial charge >= 0.3 is 5.97 Å². The minimum atomic E-state index is -0.632. The molecule has 0 saturated heterocycles. The van der Waals surface area contributed by atoms with Gasteiger partial charge in [-0.2, -0.15) is 0 Å². The molecular formula is C10H9Cl2NO5. The lowest BCUT2D eigenvalue weighted by molar-refractivity contribution is -0.384. The van der Waals surface area contributed by atoms with Gasteiger partial charge in [0.05, 0.1) is 21.6 Å². The molecule has 0 saturated carbocycles. The van der Waals surface area contributed by atoms with Crippen molar-refractivity contribution in [3.8, 4) is 5.75 Å². The fraction of sp³-hybridized carbons (Fsp3) is 0.300. The Bertz CT molecular complexity index is 454. The third-order valence-electron chi connectivity index (χ3n) is 1.83. The number of benzene rings is 1. The molecule has 0 aliphatic carbocycles. The van der Waals surface area contributed by atoms with Gasteiger partial charge in [-0.3, -0.25) is 10.1 Å². The molecule has 8 heteroatoms. The molecule has 0 bridgehead atoms. The highest BCUT2D eigenvalue weighted by Crippen LogP contribution is 2.36. The van der Waals surface area contributed by atoms with E-state index in [0.717, 1.165) is 12.1 Å². The Kier molecular flexibility index (Phi) is 5.18. The maximum Gasteiger partial charge on any atom is 0.344 e. The number of ether oxygens (including phenoxy) is 2. The molecule has 0 radical (unpaired) electrons. The van der Waals surface area contributed by atoms with Crippen LogP contribution in [0.15, 0.2) is 12.1 Å². The largest absolute Gasteiger partial charge is 0.479 e. The highest BCUT2D eigenvalue weighted by molar-refractivity contribution is 6.37. The summed E-state index contributed by atoms with van der Waals surface area (Å²) in [7, 11) is 0. The van der Waals surface area contributed by atoms with Crippen LogP contribution in [0.4, 0.5) is 5.69 Å². The third-order valence-corrected chi connectivity index (χ3v) is 2.40. The number of hydrogen-bond donors (Lipinski definition) is 0. The van der Waals surface area contributed by atoms with Crippen LogP contribution in [0.3, 0.4) is 0 Å². The van der Waals surface area contributed by atoms with Crippen LogP contribution in [0.5, 0.6) is 5.75 Å². The molecule has 18 heavy (non-hydrogen) atoms. The first-order valence-electron chi connectivity index (χ1n) is 4.87. The third kappa shape index (κ3) is 3.75. The summed E-state index contributed by atoms with van der Waals surface area (Å²) >= 11 is 11.5. The zero-order valence-corrected chi connectivity index (χ0v) is 10.8. The van der Waals surface area contributed by atoms with Crippen LogP contribution >= 0.6 is 23.2 Å². The van der Waals surface area contributed by atoms with Crippen LogP contribution < -0.4 is 4.74 Å². The highest BCUT2D eigenvalue weighted by Gasteiger charge is 2.16. The highest BCUT2D eigenvalue weighted by atomic mass is 35.5. The first-order valence-corrected chi connectivity index (χ1v) is 5.63. The zero-order valence-electron chi connectivity index (χ0n) is 9.31. The van der Waals surface area contributed by atoms with Crippen molar-refractivity contribution in [2.75, 3.05) is 13.2 Å². The first kappa shape index (κ1) is 14.5. The maximum atomic E-state index is 11.1. The van der Waals surface area contributed by atoms with E-state index in [2.05, 4.69) is 4.74 Å². The predicted octanol–water partition coefficient (Wildman–Crippen LogP) is 2.84. The normalized spacial score (nSPS) is 9.94. The molecule has 1 aromatic rings. The lowest BCUT2D eigenvalue weighted by atomic mass is 10.3. The van der Waals surface area contributed by atoms with Crippen LogP contribution in [-0.4, -0.2) is 24.1 Å². The molecule has 0 fully saturated rings. The number of non-ortho nitro benzene ring substituents is 1. The van der Waals surface area contributed by atoms with Crippen molar-refractivity contribution in [3.05, 3.63) is 32.3 Å². The quantitative estimate of drug-likeness (QED) is 0.474. The Balaban J connectivity index is 2.84. The summed E-state index contributed by atoms with van der Waals surface area (Å²) in [6, 6.07) is 2.18. The molecule has 0 heterocycles. The Labute approximate surface area is 113 Å². The maximum absolute atomic E-state index is 11.1. The van der Waals surface area contributed by atoms with Crippen molar-refractivity contribution in [2.45, 2.75) is 6.92 Å². The summed E-state index contributed by atoms with van der Waals surface area (Å²) in [5.74, 6) is -0.569. The van der Waals surface area contributed by atoms with E-state index in [4.69, 9.17) is 27.9 Å². The molecule has 0 amide bonds. The number of halogens is 2. The molecule has 98 valence electrons. The smallest absolute Gasteiger partial charge is 0.344 e. The number of carbonyl (C=O) groups excluding carboxylic acids is 1. The van der Waals surface area contributed by atoms with E-state index in [0.29, 0.717) is 0 Å². The molecule has 1 rings (SSSR count). The lowest BCUT2D eigenvalue weighted by Gasteiger charge is -2.09. The van der Waals surface area contributed by atoms with Crippen LogP contribution in [0.1, 0.15) is 6.92 Å². The van der Waals surface area contributed by atoms with E-state index in [9.17, 15) is 14.9 Å². The molecule has 0 N–H and O–H groups in total. The van der Waals surface area contributed by atoms with Crippen molar-refractivity contribution in [2.24, 2.45) is 0 Å². The number of rotatable bonds is 5. The molecular weight excluding hydrogens is 285 g/mol. The summed E-state index contributed by atoms with van der Waals surface area (Å²) in [6.45, 7) is 1.51. The van der Waals surface area contributed by atoms with E-state index in [1.54, 1.807) is 6.92 Å². The van der Waals surface area contributed by atoms with Crippen LogP contribution in [0.25, 0.3) is 0 Å². The van der Waals surface area contributed by atoms with Gasteiger partial charge in [-0.25, -0.2) is 4.79 Å². The van der Waals surface area contributed by atoms with Gasteiger partial charge < -0.3 is 9.47 Å². The van der Waals surface area contributed by atoms with Gasteiger partial charge in [0, 0.05) is 12.1 Å². The van der Waals surface area contributed by atoms with Gasteiger partial charge in [0.1, 0.15) is 0 Å². The second kappa shape index (κ2) is 6.42. The number of nitro benzene ring substituents is 1. The van der Waals surface area contributed by atoms with Crippen molar-refractivity contribution < 1.29 is 19.2 Å². The second-order valence-electron chi connectivity index (χ2n) is 3.09. The lowest BCUT2D eigenvalue weighted by Crippen LogP contribution is -2.14. The average molecular weight is 294 g/mol. The van der Waals surface area contributed by atoms with E-state index >= 15 is 0 Å². The Hall–Kier alpha value is -1.53. The summed E-state index contributed by atoms with van der Waals surface area (Å²) in [5.41, 5.74) is -0.256. The Morgan fingerprint density at radius 3 is 2.39 bits per heavy atom. The van der Waals surface area contributed by atoms with E-state index < -0.39 is 10.9 Å². The van der Waals surface area contributed by atoms with Crippen LogP contribution in [0, 0.1) is 10.1 Å². The summed E-state index contributed by atoms with van der Waals surface area (Å²) < 4.78 is 9.70. The minimum absolute atomic E-state index is 0.0111. The molecule has 0 spiro atoms. The SMILES string of the molecule is CCOC(=O)COc1c(Cl)cc([N+](=O)[O-])cc1Cl. The number of hydrogen-bond acceptors (Lipinski definition) is 5. The monoisotopic (exact) mass is 293 g/mol. The Morgan fingerprint density at radius 2 is 1.94 bits per heavy atom. The topological polar surface area (TPSA) is 78.7 Å². The summed E-state index contributed by atoms with van der Waals surface area (Å²) in [4.78, 5) is 21.0. The number of esters is 1. The summed E-state index contributed by atoms with van der Waals surface area (Å²) in [6.07, 6.45) is 0. The number of nitro groups is 1. The molecule has 0 aliphatic rings. The molecule has 1 aromatic carbocycles. The minimum Gasteiger partial charge on any atom is -0.479 e. The van der Waals surface area contributed by atoms with Gasteiger partial charge in [0.2, 0.25) is 0 Å². The van der Waals surface area contributed by atoms with Gasteiger partial charge in [-0.15, -0.1) is 0 Å². The predicted molar refractivity (Wildman–Crippen MR) is 65.2 cm³/mol. The first-order chi connectivity index (χ1) is 8.45. The van der Waals surface area contributed by atoms with Gasteiger partial charge in [0.15, 0.2) is 12.4 Å². The zero-order chi connectivity index (χ0) is 13.7. The summed E-state index contributed by atoms with van der Waals surface area (Å²) in [5, 5.41) is 10.5. The fourth-order valence-corrected chi connectivity index (χ4v) is 1.71. The molecule has 0 aromatic heterocycles. The van der Waals surface area contributed by atoms with E-state index in [-0.39, 0.29) is 34.7 Å². The van der Waals surface area contributed by atoms with Crippen molar-refractivity contribution in [1.82, 2.24) is 0 Å². The van der Waals surface area contributed by atoms with Crippen LogP contribution in [0.2, 0.25) is 10.0 Å². The molecule has 6 nitrogen and oxygen atoms in total. The van der Waals surface area contributed by atoms with Crippen molar-refractivity contribution in [3.63, 3.8) is 0 Å². The van der Waals surface area contributed by atoms with E-state index in [1.165, 1.54) is 0 Å². The van der Waals surface area contributed by atoms with E-state index in [1.807, 2.05) is 0 Å². The average Bonchev–Trinajstić information content (AvgIpc) is 2.27. The molecule has 0 aliphatic heterocycles. The number of nitrogens with zero attached hydrogens (tertiary/aromatic N) is 1. The van der Waals surface area contributed by atoms with Gasteiger partial charge in [0.25, 0.3) is 5.69 Å². The van der Waals surface area contributed by atoms with Crippen LogP contribution in [-0.2, 0) is 9.53 Å². The second-order valence-corrected chi connectivity index (χ2v) is 3.90. The standard InChI is InChI=1S/C10H9Cl2NO5/c1-2-17-9(14)5-18-10-7(11)3-6(13(15)16)4-8(10)12/h3-4H,2,5H2,1H3.